The summed E-state index contributed by atoms with van der Waals surface area (Å²) in [4.78, 5) is 72.8. The van der Waals surface area contributed by atoms with Gasteiger partial charge in [-0.2, -0.15) is 0 Å². The van der Waals surface area contributed by atoms with Crippen molar-refractivity contribution >= 4 is 47.0 Å². The molecule has 10 nitrogen and oxygen atoms in total. The first-order valence-corrected chi connectivity index (χ1v) is 20.9. The van der Waals surface area contributed by atoms with E-state index in [1.165, 1.54) is 7.11 Å². The summed E-state index contributed by atoms with van der Waals surface area (Å²) in [6.45, 7) is 2.59. The van der Waals surface area contributed by atoms with Gasteiger partial charge in [0.25, 0.3) is 0 Å². The van der Waals surface area contributed by atoms with E-state index in [1.54, 1.807) is 16.7 Å². The molecule has 11 heteroatoms. The number of amides is 4. The largest absolute Gasteiger partial charge is 0.467 e. The molecule has 6 unspecified atom stereocenters. The number of benzene rings is 2. The zero-order valence-electron chi connectivity index (χ0n) is 32.0. The lowest BCUT2D eigenvalue weighted by atomic mass is 9.88. The molecular weight excluding hydrogens is 713 g/mol. The van der Waals surface area contributed by atoms with Gasteiger partial charge in [-0.15, -0.1) is 11.8 Å². The molecular formula is C44H54N4O6S. The van der Waals surface area contributed by atoms with Gasteiger partial charge < -0.3 is 25.2 Å². The Kier molecular flexibility index (Phi) is 14.0. The molecule has 3 heterocycles. The molecule has 4 aliphatic rings. The predicted octanol–water partition coefficient (Wildman–Crippen LogP) is 6.20. The fraction of sp³-hybridized carbons (Fsp3) is 0.477. The minimum Gasteiger partial charge on any atom is -0.467 e. The van der Waals surface area contributed by atoms with E-state index >= 15 is 0 Å². The lowest BCUT2D eigenvalue weighted by molar-refractivity contribution is -0.156. The number of hydrogen-bond donors (Lipinski definition) is 2. The van der Waals surface area contributed by atoms with Crippen molar-refractivity contribution in [2.45, 2.75) is 101 Å². The first kappa shape index (κ1) is 40.0. The number of fused-ring (bicyclic) bond motifs is 1. The van der Waals surface area contributed by atoms with Crippen LogP contribution in [-0.4, -0.2) is 77.4 Å². The molecule has 2 aromatic rings. The zero-order valence-corrected chi connectivity index (χ0v) is 32.8. The molecule has 2 aromatic carbocycles. The number of carbonyl (C=O) groups is 5. The third-order valence-electron chi connectivity index (χ3n) is 11.2. The number of ether oxygens (including phenoxy) is 1. The van der Waals surface area contributed by atoms with Crippen LogP contribution in [0.3, 0.4) is 0 Å². The van der Waals surface area contributed by atoms with Gasteiger partial charge in [-0.1, -0.05) is 78.9 Å². The molecule has 0 radical (unpaired) electrons. The summed E-state index contributed by atoms with van der Waals surface area (Å²) in [6, 6.07) is 15.6. The first-order valence-electron chi connectivity index (χ1n) is 19.8. The van der Waals surface area contributed by atoms with E-state index in [2.05, 4.69) is 10.6 Å². The molecule has 0 spiro atoms. The highest BCUT2D eigenvalue weighted by molar-refractivity contribution is 7.99. The quantitative estimate of drug-likeness (QED) is 0.247. The molecule has 4 amide bonds. The van der Waals surface area contributed by atoms with E-state index < -0.39 is 35.9 Å². The molecule has 6 atom stereocenters. The second-order valence-corrected chi connectivity index (χ2v) is 16.3. The summed E-state index contributed by atoms with van der Waals surface area (Å²) in [7, 11) is 1.34. The number of thioether (sulfide) groups is 1. The van der Waals surface area contributed by atoms with Gasteiger partial charge in [0.15, 0.2) is 0 Å². The lowest BCUT2D eigenvalue weighted by Gasteiger charge is -2.40. The van der Waals surface area contributed by atoms with Crippen LogP contribution in [0.15, 0.2) is 90.6 Å². The Morgan fingerprint density at radius 1 is 0.873 bits per heavy atom. The van der Waals surface area contributed by atoms with Gasteiger partial charge in [-0.25, -0.2) is 4.79 Å². The molecule has 55 heavy (non-hydrogen) atoms. The number of piperidine rings is 1. The summed E-state index contributed by atoms with van der Waals surface area (Å²) in [6.07, 6.45) is 16.6. The highest BCUT2D eigenvalue weighted by atomic mass is 32.2. The Balaban J connectivity index is 1.21. The van der Waals surface area contributed by atoms with Crippen LogP contribution in [0.25, 0.3) is 0 Å². The van der Waals surface area contributed by atoms with Gasteiger partial charge in [-0.3, -0.25) is 19.2 Å². The van der Waals surface area contributed by atoms with Crippen LogP contribution in [0, 0.1) is 18.8 Å². The van der Waals surface area contributed by atoms with Crippen LogP contribution in [0.2, 0.25) is 0 Å². The third kappa shape index (κ3) is 10.2. The summed E-state index contributed by atoms with van der Waals surface area (Å²) in [5, 5.41) is 6.10. The Bertz CT molecular complexity index is 1790. The van der Waals surface area contributed by atoms with Crippen molar-refractivity contribution in [3.05, 3.63) is 102 Å². The molecule has 0 bridgehead atoms. The fourth-order valence-electron chi connectivity index (χ4n) is 8.21. The third-order valence-corrected chi connectivity index (χ3v) is 12.5. The van der Waals surface area contributed by atoms with E-state index in [-0.39, 0.29) is 29.0 Å². The zero-order chi connectivity index (χ0) is 38.7. The summed E-state index contributed by atoms with van der Waals surface area (Å²) < 4.78 is 5.07. The Labute approximate surface area is 329 Å². The normalized spacial score (nSPS) is 24.7. The number of aryl methyl sites for hydroxylation is 1. The maximum atomic E-state index is 14.3. The van der Waals surface area contributed by atoms with Crippen molar-refractivity contribution in [2.75, 3.05) is 24.3 Å². The highest BCUT2D eigenvalue weighted by Gasteiger charge is 2.44. The van der Waals surface area contributed by atoms with E-state index in [9.17, 15) is 24.0 Å². The standard InChI is InChI=1S/C44H54N4O6S/c1-30-14-9-10-20-37(30)47-26-12-11-19-35(42(47)51)45-40(49)33(28-31-15-5-3-6-16-31)23-24-34(29-32-17-7-4-8-18-32)41(50)46-36-25-27-55-39-22-13-21-38(44(53)54-2)48(39)43(36)52/h3-10,14-17,20,29,33-36,38-39H,11-13,18-19,21-28H2,1-2H3,(H,45,49)(H,46,50). The first-order chi connectivity index (χ1) is 26.7. The lowest BCUT2D eigenvalue weighted by Crippen LogP contribution is -2.57. The highest BCUT2D eigenvalue weighted by Crippen LogP contribution is 2.35. The topological polar surface area (TPSA) is 125 Å². The maximum absolute atomic E-state index is 14.3. The second-order valence-electron chi connectivity index (χ2n) is 15.0. The molecule has 0 aromatic heterocycles. The van der Waals surface area contributed by atoms with E-state index in [1.807, 2.05) is 96.8 Å². The van der Waals surface area contributed by atoms with Crippen LogP contribution < -0.4 is 15.5 Å². The van der Waals surface area contributed by atoms with Gasteiger partial charge in [0.2, 0.25) is 23.6 Å². The van der Waals surface area contributed by atoms with Crippen molar-refractivity contribution < 1.29 is 28.7 Å². The van der Waals surface area contributed by atoms with Crippen LogP contribution in [0.1, 0.15) is 75.3 Å². The smallest absolute Gasteiger partial charge is 0.328 e. The number of rotatable bonds is 12. The SMILES string of the molecule is COC(=O)C1CCCC2SCCC(NC(=O)C(C=C3C=CC=CC3)CCC(Cc3ccccc3)C(=O)NC3CCCCN(c4ccccc4C)C3=O)C(=O)N21. The van der Waals surface area contributed by atoms with Crippen molar-refractivity contribution in [1.82, 2.24) is 15.5 Å². The van der Waals surface area contributed by atoms with Crippen molar-refractivity contribution in [2.24, 2.45) is 11.8 Å². The molecule has 3 aliphatic heterocycles. The van der Waals surface area contributed by atoms with Gasteiger partial charge in [0.1, 0.15) is 18.1 Å². The summed E-state index contributed by atoms with van der Waals surface area (Å²) >= 11 is 1.65. The average molecular weight is 767 g/mol. The minimum absolute atomic E-state index is 0.102. The van der Waals surface area contributed by atoms with Crippen molar-refractivity contribution in [3.8, 4) is 0 Å². The van der Waals surface area contributed by atoms with E-state index in [0.717, 1.165) is 48.1 Å². The Hall–Kier alpha value is -4.64. The van der Waals surface area contributed by atoms with Crippen LogP contribution in [0.5, 0.6) is 0 Å². The number of carbonyl (C=O) groups excluding carboxylic acids is 5. The van der Waals surface area contributed by atoms with Gasteiger partial charge >= 0.3 is 5.97 Å². The number of methoxy groups -OCH3 is 1. The number of para-hydroxylation sites is 1. The van der Waals surface area contributed by atoms with Gasteiger partial charge in [-0.05, 0) is 106 Å². The number of nitrogens with zero attached hydrogens (tertiary/aromatic N) is 2. The van der Waals surface area contributed by atoms with Crippen LogP contribution in [-0.2, 0) is 35.1 Å². The Morgan fingerprint density at radius 2 is 1.64 bits per heavy atom. The number of esters is 1. The second kappa shape index (κ2) is 19.3. The average Bonchev–Trinajstić information content (AvgIpc) is 3.48. The van der Waals surface area contributed by atoms with E-state index in [4.69, 9.17) is 4.74 Å². The number of hydrogen-bond acceptors (Lipinski definition) is 7. The fourth-order valence-corrected chi connectivity index (χ4v) is 9.59. The molecule has 292 valence electrons. The predicted molar refractivity (Wildman–Crippen MR) is 216 cm³/mol. The number of nitrogens with one attached hydrogen (secondary N) is 2. The summed E-state index contributed by atoms with van der Waals surface area (Å²) in [5.74, 6) is -1.73. The monoisotopic (exact) mass is 766 g/mol. The molecule has 3 saturated heterocycles. The maximum Gasteiger partial charge on any atom is 0.328 e. The van der Waals surface area contributed by atoms with Crippen LogP contribution >= 0.6 is 11.8 Å². The van der Waals surface area contributed by atoms with Gasteiger partial charge in [0, 0.05) is 18.2 Å². The molecule has 0 saturated carbocycles. The minimum atomic E-state index is -0.779. The summed E-state index contributed by atoms with van der Waals surface area (Å²) in [5.41, 5.74) is 3.85. The number of anilines is 1. The molecule has 6 rings (SSSR count). The molecule has 2 N–H and O–H groups in total. The van der Waals surface area contributed by atoms with Crippen molar-refractivity contribution in [3.63, 3.8) is 0 Å². The van der Waals surface area contributed by atoms with Crippen LogP contribution in [0.4, 0.5) is 5.69 Å². The van der Waals surface area contributed by atoms with Gasteiger partial charge in [0.05, 0.1) is 18.4 Å². The van der Waals surface area contributed by atoms with Crippen molar-refractivity contribution in [1.29, 1.82) is 0 Å². The number of allylic oxidation sites excluding steroid dienone is 5. The Morgan fingerprint density at radius 3 is 2.40 bits per heavy atom. The van der Waals surface area contributed by atoms with E-state index in [0.29, 0.717) is 57.2 Å². The molecule has 3 fully saturated rings. The molecule has 1 aliphatic carbocycles.